The molecule has 1 aliphatic heterocycles. The van der Waals surface area contributed by atoms with Crippen LogP contribution in [0, 0.1) is 5.92 Å². The summed E-state index contributed by atoms with van der Waals surface area (Å²) in [5.41, 5.74) is 2.75. The third kappa shape index (κ3) is 2.40. The van der Waals surface area contributed by atoms with Crippen molar-refractivity contribution < 1.29 is 9.53 Å². The molecule has 0 aromatic carbocycles. The first kappa shape index (κ1) is 12.3. The Balaban J connectivity index is 2.11. The first-order valence-electron chi connectivity index (χ1n) is 6.44. The van der Waals surface area contributed by atoms with Gasteiger partial charge in [-0.3, -0.25) is 4.79 Å². The lowest BCUT2D eigenvalue weighted by molar-refractivity contribution is -0.148. The van der Waals surface area contributed by atoms with Crippen LogP contribution in [0.25, 0.3) is 0 Å². The number of rotatable bonds is 2. The summed E-state index contributed by atoms with van der Waals surface area (Å²) in [5.74, 6) is 0.0309. The minimum Gasteiger partial charge on any atom is -0.466 e. The van der Waals surface area contributed by atoms with Gasteiger partial charge in [-0.2, -0.15) is 0 Å². The van der Waals surface area contributed by atoms with E-state index in [-0.39, 0.29) is 11.9 Å². The van der Waals surface area contributed by atoms with Crippen LogP contribution in [0.5, 0.6) is 0 Å². The summed E-state index contributed by atoms with van der Waals surface area (Å²) >= 11 is 0. The van der Waals surface area contributed by atoms with Crippen LogP contribution in [0.1, 0.15) is 26.2 Å². The van der Waals surface area contributed by atoms with Gasteiger partial charge < -0.3 is 14.5 Å². The summed E-state index contributed by atoms with van der Waals surface area (Å²) in [4.78, 5) is 16.4. The Morgan fingerprint density at radius 3 is 2.59 bits per heavy atom. The maximum absolute atomic E-state index is 11.8. The molecule has 1 atom stereocenters. The van der Waals surface area contributed by atoms with E-state index in [0.717, 1.165) is 32.4 Å². The molecule has 0 spiro atoms. The van der Waals surface area contributed by atoms with E-state index in [9.17, 15) is 4.79 Å². The number of hydrogen-bond donors (Lipinski definition) is 0. The van der Waals surface area contributed by atoms with Crippen molar-refractivity contribution in [3.05, 3.63) is 11.4 Å². The summed E-state index contributed by atoms with van der Waals surface area (Å²) in [6.07, 6.45) is 2.77. The maximum Gasteiger partial charge on any atom is 0.309 e. The normalized spacial score (nSPS) is 24.8. The minimum atomic E-state index is -0.0272. The number of ether oxygens (including phenoxy) is 1. The second-order valence-electron chi connectivity index (χ2n) is 4.93. The Morgan fingerprint density at radius 1 is 1.29 bits per heavy atom. The largest absolute Gasteiger partial charge is 0.466 e. The molecule has 1 aliphatic carbocycles. The number of likely N-dealkylation sites (N-methyl/N-ethyl adjacent to an activating group) is 2. The molecular formula is C13H22N2O2. The van der Waals surface area contributed by atoms with Gasteiger partial charge >= 0.3 is 5.97 Å². The fourth-order valence-electron chi connectivity index (χ4n) is 2.73. The molecule has 1 heterocycles. The van der Waals surface area contributed by atoms with E-state index in [1.807, 2.05) is 6.92 Å². The highest BCUT2D eigenvalue weighted by Gasteiger charge is 2.32. The average Bonchev–Trinajstić information content (AvgIpc) is 2.34. The number of carbonyl (C=O) groups is 1. The number of carbonyl (C=O) groups excluding carboxylic acids is 1. The number of allylic oxidation sites excluding steroid dienone is 2. The van der Waals surface area contributed by atoms with E-state index in [1.165, 1.54) is 11.4 Å². The second kappa shape index (κ2) is 4.98. The van der Waals surface area contributed by atoms with Gasteiger partial charge in [-0.1, -0.05) is 0 Å². The lowest BCUT2D eigenvalue weighted by Gasteiger charge is -2.41. The first-order chi connectivity index (χ1) is 8.13. The van der Waals surface area contributed by atoms with Crippen LogP contribution < -0.4 is 0 Å². The molecule has 0 radical (unpaired) electrons. The Hall–Kier alpha value is -1.19. The first-order valence-corrected chi connectivity index (χ1v) is 6.44. The average molecular weight is 238 g/mol. The van der Waals surface area contributed by atoms with Crippen molar-refractivity contribution >= 4 is 5.97 Å². The van der Waals surface area contributed by atoms with Crippen molar-refractivity contribution in [2.45, 2.75) is 26.2 Å². The number of nitrogens with zero attached hydrogens (tertiary/aromatic N) is 2. The summed E-state index contributed by atoms with van der Waals surface area (Å²) in [7, 11) is 4.27. The van der Waals surface area contributed by atoms with Crippen molar-refractivity contribution in [2.24, 2.45) is 5.92 Å². The van der Waals surface area contributed by atoms with E-state index in [0.29, 0.717) is 6.61 Å². The molecule has 0 aromatic heterocycles. The van der Waals surface area contributed by atoms with Crippen LogP contribution >= 0.6 is 0 Å². The fraction of sp³-hybridized carbons (Fsp3) is 0.769. The van der Waals surface area contributed by atoms with Gasteiger partial charge in [-0.05, 0) is 19.8 Å². The Morgan fingerprint density at radius 2 is 1.94 bits per heavy atom. The molecule has 0 saturated heterocycles. The molecule has 2 rings (SSSR count). The molecular weight excluding hydrogens is 216 g/mol. The molecule has 2 aliphatic rings. The lowest BCUT2D eigenvalue weighted by atomic mass is 9.88. The molecule has 96 valence electrons. The van der Waals surface area contributed by atoms with Gasteiger partial charge in [0.15, 0.2) is 0 Å². The zero-order valence-electron chi connectivity index (χ0n) is 11.0. The smallest absolute Gasteiger partial charge is 0.309 e. The third-order valence-electron chi connectivity index (χ3n) is 3.81. The zero-order chi connectivity index (χ0) is 12.4. The number of hydrogen-bond acceptors (Lipinski definition) is 4. The SMILES string of the molecule is CCOC(=O)C1CCC2=C(C1)N(C)CCN2C. The predicted octanol–water partition coefficient (Wildman–Crippen LogP) is 1.44. The Labute approximate surface area is 103 Å². The summed E-state index contributed by atoms with van der Waals surface area (Å²) in [6, 6.07) is 0. The molecule has 1 unspecified atom stereocenters. The molecule has 0 bridgehead atoms. The Kier molecular flexibility index (Phi) is 3.60. The fourth-order valence-corrected chi connectivity index (χ4v) is 2.73. The molecule has 0 amide bonds. The molecule has 0 aromatic rings. The van der Waals surface area contributed by atoms with E-state index < -0.39 is 0 Å². The van der Waals surface area contributed by atoms with Crippen LogP contribution in [0.4, 0.5) is 0 Å². The van der Waals surface area contributed by atoms with Crippen molar-refractivity contribution in [3.8, 4) is 0 Å². The van der Waals surface area contributed by atoms with Gasteiger partial charge in [0.05, 0.1) is 12.5 Å². The van der Waals surface area contributed by atoms with Crippen LogP contribution in [0.3, 0.4) is 0 Å². The van der Waals surface area contributed by atoms with E-state index in [4.69, 9.17) is 4.74 Å². The lowest BCUT2D eigenvalue weighted by Crippen LogP contribution is -2.41. The van der Waals surface area contributed by atoms with Gasteiger partial charge in [0.2, 0.25) is 0 Å². The highest BCUT2D eigenvalue weighted by atomic mass is 16.5. The van der Waals surface area contributed by atoms with E-state index in [1.54, 1.807) is 0 Å². The van der Waals surface area contributed by atoms with Crippen LogP contribution in [-0.4, -0.2) is 49.6 Å². The molecule has 0 fully saturated rings. The predicted molar refractivity (Wildman–Crippen MR) is 66.3 cm³/mol. The van der Waals surface area contributed by atoms with Gasteiger partial charge in [-0.25, -0.2) is 0 Å². The molecule has 17 heavy (non-hydrogen) atoms. The van der Waals surface area contributed by atoms with Crippen LogP contribution in [0.2, 0.25) is 0 Å². The molecule has 0 N–H and O–H groups in total. The summed E-state index contributed by atoms with van der Waals surface area (Å²) in [6.45, 7) is 4.48. The minimum absolute atomic E-state index is 0.0272. The van der Waals surface area contributed by atoms with Gasteiger partial charge in [0.25, 0.3) is 0 Å². The Bertz CT molecular complexity index is 338. The summed E-state index contributed by atoms with van der Waals surface area (Å²) < 4.78 is 5.13. The van der Waals surface area contributed by atoms with Crippen molar-refractivity contribution in [1.82, 2.24) is 9.80 Å². The monoisotopic (exact) mass is 238 g/mol. The molecule has 0 saturated carbocycles. The van der Waals surface area contributed by atoms with Crippen molar-refractivity contribution in [2.75, 3.05) is 33.8 Å². The zero-order valence-corrected chi connectivity index (χ0v) is 11.0. The second-order valence-corrected chi connectivity index (χ2v) is 4.93. The van der Waals surface area contributed by atoms with Crippen molar-refractivity contribution in [1.29, 1.82) is 0 Å². The van der Waals surface area contributed by atoms with Crippen molar-refractivity contribution in [3.63, 3.8) is 0 Å². The topological polar surface area (TPSA) is 32.8 Å². The van der Waals surface area contributed by atoms with Crippen LogP contribution in [-0.2, 0) is 9.53 Å². The quantitative estimate of drug-likeness (QED) is 0.682. The van der Waals surface area contributed by atoms with Gasteiger partial charge in [-0.15, -0.1) is 0 Å². The maximum atomic E-state index is 11.8. The van der Waals surface area contributed by atoms with E-state index in [2.05, 4.69) is 23.9 Å². The van der Waals surface area contributed by atoms with E-state index >= 15 is 0 Å². The molecule has 4 nitrogen and oxygen atoms in total. The molecule has 4 heteroatoms. The summed E-state index contributed by atoms with van der Waals surface area (Å²) in [5, 5.41) is 0. The third-order valence-corrected chi connectivity index (χ3v) is 3.81. The van der Waals surface area contributed by atoms with Gasteiger partial charge in [0.1, 0.15) is 0 Å². The standard InChI is InChI=1S/C13H22N2O2/c1-4-17-13(16)10-5-6-11-12(9-10)15(3)8-7-14(11)2/h10H,4-9H2,1-3H3. The van der Waals surface area contributed by atoms with Crippen LogP contribution in [0.15, 0.2) is 11.4 Å². The highest BCUT2D eigenvalue weighted by molar-refractivity contribution is 5.73. The number of esters is 1. The van der Waals surface area contributed by atoms with Gasteiger partial charge in [0, 0.05) is 45.0 Å². The highest BCUT2D eigenvalue weighted by Crippen LogP contribution is 2.34.